The van der Waals surface area contributed by atoms with Gasteiger partial charge in [-0.1, -0.05) is 35.3 Å². The lowest BCUT2D eigenvalue weighted by Gasteiger charge is -2.19. The second-order valence-electron chi connectivity index (χ2n) is 7.97. The molecule has 2 atom stereocenters. The predicted octanol–water partition coefficient (Wildman–Crippen LogP) is 5.62. The summed E-state index contributed by atoms with van der Waals surface area (Å²) in [7, 11) is 0. The summed E-state index contributed by atoms with van der Waals surface area (Å²) in [5.41, 5.74) is 8.34. The van der Waals surface area contributed by atoms with Crippen LogP contribution in [0.15, 0.2) is 48.7 Å². The molecular formula is C24H22Cl2FN3O4. The molecule has 0 saturated carbocycles. The Morgan fingerprint density at radius 1 is 1.24 bits per heavy atom. The first-order chi connectivity index (χ1) is 16.3. The van der Waals surface area contributed by atoms with Crippen molar-refractivity contribution in [1.29, 1.82) is 0 Å². The van der Waals surface area contributed by atoms with Crippen LogP contribution in [0.1, 0.15) is 35.4 Å². The van der Waals surface area contributed by atoms with Gasteiger partial charge in [0.15, 0.2) is 11.6 Å². The van der Waals surface area contributed by atoms with E-state index in [-0.39, 0.29) is 33.6 Å². The van der Waals surface area contributed by atoms with E-state index in [2.05, 4.69) is 9.87 Å². The summed E-state index contributed by atoms with van der Waals surface area (Å²) >= 11 is 12.3. The van der Waals surface area contributed by atoms with Crippen LogP contribution >= 0.6 is 23.2 Å². The molecule has 1 unspecified atom stereocenters. The lowest BCUT2D eigenvalue weighted by atomic mass is 10.0. The van der Waals surface area contributed by atoms with E-state index in [0.29, 0.717) is 36.2 Å². The summed E-state index contributed by atoms with van der Waals surface area (Å²) in [6, 6.07) is 11.3. The number of carbonyl (C=O) groups excluding carboxylic acids is 1. The first-order valence-electron chi connectivity index (χ1n) is 10.5. The maximum atomic E-state index is 13.9. The van der Waals surface area contributed by atoms with Crippen molar-refractivity contribution in [1.82, 2.24) is 9.88 Å². The molecule has 0 bridgehead atoms. The number of nitrogens with zero attached hydrogens (tertiary/aromatic N) is 2. The zero-order valence-corrected chi connectivity index (χ0v) is 19.7. The number of nitrogen functional groups attached to an aromatic ring is 1. The molecule has 1 aliphatic rings. The first-order valence-corrected chi connectivity index (χ1v) is 11.3. The van der Waals surface area contributed by atoms with Crippen LogP contribution in [-0.2, 0) is 4.89 Å². The third-order valence-electron chi connectivity index (χ3n) is 5.72. The quantitative estimate of drug-likeness (QED) is 0.256. The molecule has 1 amide bonds. The molecule has 3 N–H and O–H groups in total. The average molecular weight is 506 g/mol. The summed E-state index contributed by atoms with van der Waals surface area (Å²) in [6.45, 7) is 2.55. The molecule has 4 rings (SSSR count). The molecule has 10 heteroatoms. The van der Waals surface area contributed by atoms with Gasteiger partial charge in [0.25, 0.3) is 5.91 Å². The van der Waals surface area contributed by atoms with Crippen molar-refractivity contribution in [2.24, 2.45) is 0 Å². The van der Waals surface area contributed by atoms with Gasteiger partial charge in [0.2, 0.25) is 0 Å². The van der Waals surface area contributed by atoms with E-state index in [4.69, 9.17) is 38.9 Å². The number of hydrogen-bond acceptors (Lipinski definition) is 6. The molecule has 2 heterocycles. The Morgan fingerprint density at radius 2 is 1.97 bits per heavy atom. The van der Waals surface area contributed by atoms with Gasteiger partial charge >= 0.3 is 0 Å². The minimum absolute atomic E-state index is 0.113. The number of likely N-dealkylation sites (tertiary alicyclic amines) is 1. The highest BCUT2D eigenvalue weighted by Gasteiger charge is 2.27. The smallest absolute Gasteiger partial charge is 0.253 e. The Labute approximate surface area is 205 Å². The second kappa shape index (κ2) is 10.1. The fraction of sp³-hybridized carbons (Fsp3) is 0.250. The van der Waals surface area contributed by atoms with Gasteiger partial charge in [-0.05, 0) is 49.2 Å². The summed E-state index contributed by atoms with van der Waals surface area (Å²) < 4.78 is 19.9. The van der Waals surface area contributed by atoms with Gasteiger partial charge in [0.05, 0.1) is 11.6 Å². The normalized spacial score (nSPS) is 16.5. The number of ether oxygens (including phenoxy) is 1. The standard InChI is InChI=1S/C24H22Cl2FN3O4/c1-13(21-18(25)6-7-19(27)22(21)26)33-20-10-16(11-29-23(20)28)14-2-4-15(5-3-14)24(31)30-9-8-17(12-30)34-32/h2-7,10-11,13,17,32H,8-9,12H2,1H3,(H2,28,29)/t13?,17-/m0/s1. The third-order valence-corrected chi connectivity index (χ3v) is 6.43. The van der Waals surface area contributed by atoms with E-state index in [0.717, 1.165) is 5.56 Å². The number of carbonyl (C=O) groups is 1. The van der Waals surface area contributed by atoms with Crippen molar-refractivity contribution in [2.45, 2.75) is 25.6 Å². The zero-order valence-electron chi connectivity index (χ0n) is 18.2. The van der Waals surface area contributed by atoms with Gasteiger partial charge in [-0.25, -0.2) is 14.3 Å². The molecule has 3 aromatic rings. The summed E-state index contributed by atoms with van der Waals surface area (Å²) in [5.74, 6) is -0.294. The number of anilines is 1. The minimum Gasteiger partial charge on any atom is -0.482 e. The number of amides is 1. The van der Waals surface area contributed by atoms with Crippen molar-refractivity contribution in [3.8, 4) is 16.9 Å². The van der Waals surface area contributed by atoms with Gasteiger partial charge in [0.1, 0.15) is 18.0 Å². The third kappa shape index (κ3) is 4.95. The number of aromatic nitrogens is 1. The molecule has 2 aromatic carbocycles. The van der Waals surface area contributed by atoms with Crippen LogP contribution in [0.3, 0.4) is 0 Å². The Hall–Kier alpha value is -2.91. The van der Waals surface area contributed by atoms with E-state index in [1.54, 1.807) is 48.4 Å². The molecule has 1 aliphatic heterocycles. The van der Waals surface area contributed by atoms with Crippen LogP contribution in [0.25, 0.3) is 11.1 Å². The maximum Gasteiger partial charge on any atom is 0.253 e. The second-order valence-corrected chi connectivity index (χ2v) is 8.75. The fourth-order valence-corrected chi connectivity index (χ4v) is 4.54. The van der Waals surface area contributed by atoms with E-state index < -0.39 is 11.9 Å². The van der Waals surface area contributed by atoms with Gasteiger partial charge in [0, 0.05) is 34.5 Å². The molecule has 34 heavy (non-hydrogen) atoms. The zero-order chi connectivity index (χ0) is 24.4. The van der Waals surface area contributed by atoms with Gasteiger partial charge in [-0.2, -0.15) is 0 Å². The molecular weight excluding hydrogens is 484 g/mol. The van der Waals surface area contributed by atoms with Crippen molar-refractivity contribution in [2.75, 3.05) is 18.8 Å². The van der Waals surface area contributed by atoms with Crippen molar-refractivity contribution < 1.29 is 24.1 Å². The number of halogens is 3. The molecule has 178 valence electrons. The molecule has 0 radical (unpaired) electrons. The Bertz CT molecular complexity index is 1210. The highest BCUT2D eigenvalue weighted by molar-refractivity contribution is 6.36. The maximum absolute atomic E-state index is 13.9. The fourth-order valence-electron chi connectivity index (χ4n) is 3.86. The minimum atomic E-state index is -0.692. The molecule has 0 aliphatic carbocycles. The number of rotatable bonds is 6. The van der Waals surface area contributed by atoms with Crippen LogP contribution in [-0.4, -0.2) is 40.2 Å². The topological polar surface area (TPSA) is 97.9 Å². The van der Waals surface area contributed by atoms with Crippen LogP contribution in [0.5, 0.6) is 5.75 Å². The van der Waals surface area contributed by atoms with Crippen LogP contribution in [0.2, 0.25) is 10.0 Å². The van der Waals surface area contributed by atoms with E-state index in [1.165, 1.54) is 12.1 Å². The molecule has 1 fully saturated rings. The van der Waals surface area contributed by atoms with Gasteiger partial charge in [-0.15, -0.1) is 0 Å². The molecule has 1 aromatic heterocycles. The van der Waals surface area contributed by atoms with Crippen molar-refractivity contribution in [3.63, 3.8) is 0 Å². The predicted molar refractivity (Wildman–Crippen MR) is 128 cm³/mol. The first kappa shape index (κ1) is 24.2. The van der Waals surface area contributed by atoms with E-state index in [9.17, 15) is 9.18 Å². The highest BCUT2D eigenvalue weighted by Crippen LogP contribution is 2.37. The largest absolute Gasteiger partial charge is 0.482 e. The highest BCUT2D eigenvalue weighted by atomic mass is 35.5. The van der Waals surface area contributed by atoms with Crippen molar-refractivity contribution in [3.05, 3.63) is 75.7 Å². The van der Waals surface area contributed by atoms with Gasteiger partial charge in [-0.3, -0.25) is 10.1 Å². The monoisotopic (exact) mass is 505 g/mol. The Kier molecular flexibility index (Phi) is 7.23. The van der Waals surface area contributed by atoms with Crippen LogP contribution in [0, 0.1) is 5.82 Å². The van der Waals surface area contributed by atoms with Crippen LogP contribution in [0.4, 0.5) is 10.2 Å². The van der Waals surface area contributed by atoms with E-state index in [1.807, 2.05) is 0 Å². The number of benzene rings is 2. The van der Waals surface area contributed by atoms with Gasteiger partial charge < -0.3 is 15.4 Å². The molecule has 1 saturated heterocycles. The summed E-state index contributed by atoms with van der Waals surface area (Å²) in [4.78, 5) is 22.9. The Morgan fingerprint density at radius 3 is 2.65 bits per heavy atom. The lowest BCUT2D eigenvalue weighted by Crippen LogP contribution is -2.29. The van der Waals surface area contributed by atoms with Crippen molar-refractivity contribution >= 4 is 34.9 Å². The number of pyridine rings is 1. The van der Waals surface area contributed by atoms with E-state index >= 15 is 0 Å². The SMILES string of the molecule is CC(Oc1cc(-c2ccc(C(=O)N3CC[C@H](OO)C3)cc2)cnc1N)c1c(Cl)ccc(F)c1Cl. The molecule has 0 spiro atoms. The number of hydrogen-bond donors (Lipinski definition) is 2. The number of nitrogens with two attached hydrogens (primary N) is 1. The lowest BCUT2D eigenvalue weighted by molar-refractivity contribution is -0.273. The molecule has 7 nitrogen and oxygen atoms in total. The summed E-state index contributed by atoms with van der Waals surface area (Å²) in [6.07, 6.45) is 1.13. The Balaban J connectivity index is 1.53. The summed E-state index contributed by atoms with van der Waals surface area (Å²) in [5, 5.41) is 8.97. The van der Waals surface area contributed by atoms with Crippen LogP contribution < -0.4 is 10.5 Å². The average Bonchev–Trinajstić information content (AvgIpc) is 3.32.